The first-order valence-electron chi connectivity index (χ1n) is 11.1. The van der Waals surface area contributed by atoms with Gasteiger partial charge >= 0.3 is 0 Å². The zero-order valence-corrected chi connectivity index (χ0v) is 20.1. The fourth-order valence-corrected chi connectivity index (χ4v) is 4.55. The molecule has 0 aliphatic carbocycles. The lowest BCUT2D eigenvalue weighted by Crippen LogP contribution is -2.53. The number of hydrogen-bond acceptors (Lipinski definition) is 3. The molecule has 1 saturated heterocycles. The van der Waals surface area contributed by atoms with E-state index in [9.17, 15) is 9.59 Å². The number of hydrogen-bond donors (Lipinski definition) is 0. The van der Waals surface area contributed by atoms with Crippen molar-refractivity contribution in [3.8, 4) is 22.5 Å². The zero-order chi connectivity index (χ0) is 23.5. The van der Waals surface area contributed by atoms with Crippen LogP contribution in [0.15, 0.2) is 95.5 Å². The van der Waals surface area contributed by atoms with Crippen molar-refractivity contribution in [2.24, 2.45) is 0 Å². The van der Waals surface area contributed by atoms with Crippen LogP contribution in [-0.2, 0) is 16.1 Å². The Bertz CT molecular complexity index is 1320. The van der Waals surface area contributed by atoms with Crippen LogP contribution in [0.25, 0.3) is 22.5 Å². The molecule has 5 rings (SSSR count). The van der Waals surface area contributed by atoms with Crippen LogP contribution in [0.5, 0.6) is 0 Å². The Hall–Kier alpha value is -3.71. The molecule has 2 heterocycles. The van der Waals surface area contributed by atoms with Crippen molar-refractivity contribution in [2.45, 2.75) is 6.54 Å². The van der Waals surface area contributed by atoms with E-state index in [4.69, 9.17) is 5.10 Å². The fraction of sp³-hybridized carbons (Fsp3) is 0.148. The monoisotopic (exact) mass is 514 g/mol. The lowest BCUT2D eigenvalue weighted by molar-refractivity contribution is -0.137. The van der Waals surface area contributed by atoms with E-state index < -0.39 is 0 Å². The third kappa shape index (κ3) is 4.65. The van der Waals surface area contributed by atoms with Gasteiger partial charge in [0.15, 0.2) is 0 Å². The molecule has 0 N–H and O–H groups in total. The summed E-state index contributed by atoms with van der Waals surface area (Å²) in [6, 6.07) is 29.5. The van der Waals surface area contributed by atoms with E-state index in [-0.39, 0.29) is 24.9 Å². The van der Waals surface area contributed by atoms with E-state index in [2.05, 4.69) is 15.9 Å². The summed E-state index contributed by atoms with van der Waals surface area (Å²) >= 11 is 3.45. The first-order chi connectivity index (χ1) is 16.6. The number of amides is 2. The zero-order valence-electron chi connectivity index (χ0n) is 18.5. The topological polar surface area (TPSA) is 58.4 Å². The van der Waals surface area contributed by atoms with Gasteiger partial charge in [0.05, 0.1) is 11.4 Å². The molecule has 2 amide bonds. The van der Waals surface area contributed by atoms with Crippen molar-refractivity contribution < 1.29 is 9.59 Å². The van der Waals surface area contributed by atoms with Gasteiger partial charge in [-0.3, -0.25) is 14.3 Å². The van der Waals surface area contributed by atoms with Crippen molar-refractivity contribution in [3.63, 3.8) is 0 Å². The van der Waals surface area contributed by atoms with Gasteiger partial charge in [0.25, 0.3) is 0 Å². The quantitative estimate of drug-likeness (QED) is 0.382. The van der Waals surface area contributed by atoms with Crippen LogP contribution in [0, 0.1) is 0 Å². The summed E-state index contributed by atoms with van der Waals surface area (Å²) in [5, 5.41) is 4.75. The summed E-state index contributed by atoms with van der Waals surface area (Å²) in [6.07, 6.45) is 0. The fourth-order valence-electron chi connectivity index (χ4n) is 4.16. The number of halogens is 1. The number of anilines is 1. The Kier molecular flexibility index (Phi) is 6.27. The molecule has 6 nitrogen and oxygen atoms in total. The maximum Gasteiger partial charge on any atom is 0.246 e. The van der Waals surface area contributed by atoms with Gasteiger partial charge in [-0.25, -0.2) is 0 Å². The molecule has 0 atom stereocenters. The maximum absolute atomic E-state index is 13.2. The minimum atomic E-state index is -0.123. The van der Waals surface area contributed by atoms with Gasteiger partial charge in [-0.05, 0) is 29.8 Å². The second-order valence-electron chi connectivity index (χ2n) is 8.15. The predicted octanol–water partition coefficient (Wildman–Crippen LogP) is 4.86. The van der Waals surface area contributed by atoms with Gasteiger partial charge in [0.2, 0.25) is 11.8 Å². The Morgan fingerprint density at radius 1 is 0.853 bits per heavy atom. The van der Waals surface area contributed by atoms with Crippen LogP contribution in [0.2, 0.25) is 0 Å². The van der Waals surface area contributed by atoms with Gasteiger partial charge in [0, 0.05) is 28.8 Å². The molecule has 0 radical (unpaired) electrons. The van der Waals surface area contributed by atoms with Crippen molar-refractivity contribution in [3.05, 3.63) is 95.5 Å². The number of nitrogens with zero attached hydrogens (tertiary/aromatic N) is 4. The summed E-state index contributed by atoms with van der Waals surface area (Å²) in [5.74, 6) is -0.214. The molecular formula is C27H23BrN4O2. The summed E-state index contributed by atoms with van der Waals surface area (Å²) in [6.45, 7) is 1.06. The molecule has 1 aromatic heterocycles. The maximum atomic E-state index is 13.2. The molecule has 0 unspecified atom stereocenters. The van der Waals surface area contributed by atoms with E-state index in [1.54, 1.807) is 14.5 Å². The summed E-state index contributed by atoms with van der Waals surface area (Å²) in [5.41, 5.74) is 4.48. The van der Waals surface area contributed by atoms with E-state index in [1.807, 2.05) is 91.0 Å². The Labute approximate surface area is 206 Å². The number of piperazine rings is 1. The standard InChI is InChI=1S/C27H23BrN4O2/c28-22-12-7-13-23(16-22)31-15-14-30(18-27(31)34)26(33)19-32-25(21-10-5-2-6-11-21)17-24(29-32)20-8-3-1-4-9-20/h1-13,16-17H,14-15,18-19H2. The molecule has 1 fully saturated rings. The minimum Gasteiger partial charge on any atom is -0.330 e. The molecule has 7 heteroatoms. The van der Waals surface area contributed by atoms with Crippen LogP contribution < -0.4 is 4.90 Å². The van der Waals surface area contributed by atoms with E-state index in [1.165, 1.54) is 0 Å². The molecule has 3 aromatic carbocycles. The van der Waals surface area contributed by atoms with Crippen molar-refractivity contribution in [2.75, 3.05) is 24.5 Å². The number of rotatable bonds is 5. The number of aromatic nitrogens is 2. The lowest BCUT2D eigenvalue weighted by Gasteiger charge is -2.34. The van der Waals surface area contributed by atoms with Gasteiger partial charge < -0.3 is 9.80 Å². The average molecular weight is 515 g/mol. The normalized spacial score (nSPS) is 13.9. The molecule has 4 aromatic rings. The molecule has 1 aliphatic rings. The summed E-state index contributed by atoms with van der Waals surface area (Å²) in [7, 11) is 0. The second kappa shape index (κ2) is 9.65. The summed E-state index contributed by atoms with van der Waals surface area (Å²) < 4.78 is 2.66. The SMILES string of the molecule is O=C(Cn1nc(-c2ccccc2)cc1-c1ccccc1)N1CCN(c2cccc(Br)c2)C(=O)C1. The van der Waals surface area contributed by atoms with Gasteiger partial charge in [0.1, 0.15) is 13.1 Å². The van der Waals surface area contributed by atoms with Gasteiger partial charge in [-0.2, -0.15) is 5.10 Å². The molecule has 170 valence electrons. The Morgan fingerprint density at radius 3 is 2.24 bits per heavy atom. The number of benzene rings is 3. The van der Waals surface area contributed by atoms with Crippen molar-refractivity contribution >= 4 is 33.4 Å². The van der Waals surface area contributed by atoms with Crippen LogP contribution in [0.1, 0.15) is 0 Å². The Morgan fingerprint density at radius 2 is 1.56 bits per heavy atom. The highest BCUT2D eigenvalue weighted by molar-refractivity contribution is 9.10. The highest BCUT2D eigenvalue weighted by Crippen LogP contribution is 2.27. The van der Waals surface area contributed by atoms with Crippen molar-refractivity contribution in [1.29, 1.82) is 0 Å². The first-order valence-corrected chi connectivity index (χ1v) is 11.9. The number of carbonyl (C=O) groups excluding carboxylic acids is 2. The van der Waals surface area contributed by atoms with Crippen LogP contribution in [0.3, 0.4) is 0 Å². The van der Waals surface area contributed by atoms with E-state index >= 15 is 0 Å². The van der Waals surface area contributed by atoms with Crippen LogP contribution >= 0.6 is 15.9 Å². The average Bonchev–Trinajstić information content (AvgIpc) is 3.29. The largest absolute Gasteiger partial charge is 0.330 e. The first kappa shape index (κ1) is 22.1. The molecule has 0 bridgehead atoms. The van der Waals surface area contributed by atoms with E-state index in [0.717, 1.165) is 32.7 Å². The molecular weight excluding hydrogens is 492 g/mol. The van der Waals surface area contributed by atoms with Gasteiger partial charge in [-0.15, -0.1) is 0 Å². The van der Waals surface area contributed by atoms with Crippen molar-refractivity contribution in [1.82, 2.24) is 14.7 Å². The second-order valence-corrected chi connectivity index (χ2v) is 9.06. The molecule has 0 saturated carbocycles. The number of carbonyl (C=O) groups is 2. The van der Waals surface area contributed by atoms with Crippen LogP contribution in [-0.4, -0.2) is 46.1 Å². The highest BCUT2D eigenvalue weighted by atomic mass is 79.9. The van der Waals surface area contributed by atoms with Gasteiger partial charge in [-0.1, -0.05) is 82.7 Å². The predicted molar refractivity (Wildman–Crippen MR) is 136 cm³/mol. The summed E-state index contributed by atoms with van der Waals surface area (Å²) in [4.78, 5) is 29.4. The Balaban J connectivity index is 1.36. The smallest absolute Gasteiger partial charge is 0.246 e. The molecule has 34 heavy (non-hydrogen) atoms. The van der Waals surface area contributed by atoms with Crippen LogP contribution in [0.4, 0.5) is 5.69 Å². The van der Waals surface area contributed by atoms with E-state index in [0.29, 0.717) is 13.1 Å². The third-order valence-corrected chi connectivity index (χ3v) is 6.39. The third-order valence-electron chi connectivity index (χ3n) is 5.90. The lowest BCUT2D eigenvalue weighted by atomic mass is 10.1. The molecule has 1 aliphatic heterocycles. The molecule has 0 spiro atoms. The highest BCUT2D eigenvalue weighted by Gasteiger charge is 2.29. The minimum absolute atomic E-state index is 0.0544.